The number of carbonyl (C=O) groups is 1. The maximum atomic E-state index is 11.8. The van der Waals surface area contributed by atoms with Gasteiger partial charge in [-0.2, -0.15) is 0 Å². The Labute approximate surface area is 194 Å². The lowest BCUT2D eigenvalue weighted by atomic mass is 9.93. The van der Waals surface area contributed by atoms with Gasteiger partial charge in [0.2, 0.25) is 0 Å². The molecule has 174 valence electrons. The average Bonchev–Trinajstić information content (AvgIpc) is 3.43. The predicted octanol–water partition coefficient (Wildman–Crippen LogP) is 4.17. The molecule has 0 saturated carbocycles. The highest BCUT2D eigenvalue weighted by atomic mass is 16.5. The van der Waals surface area contributed by atoms with Gasteiger partial charge in [0.25, 0.3) is 0 Å². The number of esters is 1. The number of nitrogens with zero attached hydrogens (tertiary/aromatic N) is 2. The SMILES string of the molecule is Cc1c(C(O)CN2CCN(CC(C)c3ccc4occc4c3C)CC2)ccc2c1COC2=O. The van der Waals surface area contributed by atoms with Crippen molar-refractivity contribution in [2.75, 3.05) is 39.3 Å². The molecule has 0 bridgehead atoms. The largest absolute Gasteiger partial charge is 0.464 e. The van der Waals surface area contributed by atoms with Gasteiger partial charge in [-0.15, -0.1) is 0 Å². The van der Waals surface area contributed by atoms with Crippen molar-refractivity contribution in [3.8, 4) is 0 Å². The molecule has 2 aromatic carbocycles. The summed E-state index contributed by atoms with van der Waals surface area (Å²) in [6.07, 6.45) is 1.19. The van der Waals surface area contributed by atoms with Gasteiger partial charge in [-0.25, -0.2) is 4.79 Å². The van der Waals surface area contributed by atoms with E-state index in [1.165, 1.54) is 16.5 Å². The molecule has 6 nitrogen and oxygen atoms in total. The monoisotopic (exact) mass is 448 g/mol. The molecule has 1 N–H and O–H groups in total. The first-order valence-electron chi connectivity index (χ1n) is 11.8. The Bertz CT molecular complexity index is 1180. The summed E-state index contributed by atoms with van der Waals surface area (Å²) < 4.78 is 10.7. The minimum atomic E-state index is -0.569. The molecule has 1 saturated heterocycles. The Kier molecular flexibility index (Phi) is 5.99. The van der Waals surface area contributed by atoms with Crippen LogP contribution in [0, 0.1) is 13.8 Å². The van der Waals surface area contributed by atoms with E-state index in [0.717, 1.165) is 55.0 Å². The lowest BCUT2D eigenvalue weighted by Crippen LogP contribution is -2.48. The van der Waals surface area contributed by atoms with Crippen molar-refractivity contribution in [3.63, 3.8) is 0 Å². The molecule has 1 fully saturated rings. The van der Waals surface area contributed by atoms with Crippen molar-refractivity contribution in [3.05, 3.63) is 70.0 Å². The first-order chi connectivity index (χ1) is 15.9. The van der Waals surface area contributed by atoms with Gasteiger partial charge in [-0.3, -0.25) is 4.90 Å². The second-order valence-corrected chi connectivity index (χ2v) is 9.51. The van der Waals surface area contributed by atoms with E-state index in [1.807, 2.05) is 13.0 Å². The van der Waals surface area contributed by atoms with Crippen LogP contribution in [0.2, 0.25) is 0 Å². The van der Waals surface area contributed by atoms with Crippen molar-refractivity contribution < 1.29 is 19.1 Å². The zero-order chi connectivity index (χ0) is 23.1. The van der Waals surface area contributed by atoms with E-state index in [-0.39, 0.29) is 5.97 Å². The third-order valence-electron chi connectivity index (χ3n) is 7.47. The van der Waals surface area contributed by atoms with Gasteiger partial charge < -0.3 is 19.2 Å². The molecule has 3 aromatic rings. The van der Waals surface area contributed by atoms with Crippen molar-refractivity contribution in [1.29, 1.82) is 0 Å². The van der Waals surface area contributed by atoms with Crippen molar-refractivity contribution in [2.45, 2.75) is 39.4 Å². The summed E-state index contributed by atoms with van der Waals surface area (Å²) in [5.74, 6) is 0.180. The summed E-state index contributed by atoms with van der Waals surface area (Å²) in [5.41, 5.74) is 7.07. The van der Waals surface area contributed by atoms with Crippen LogP contribution in [0.5, 0.6) is 0 Å². The van der Waals surface area contributed by atoms with Crippen molar-refractivity contribution >= 4 is 16.9 Å². The molecule has 2 atom stereocenters. The number of hydrogen-bond acceptors (Lipinski definition) is 6. The Hall–Kier alpha value is -2.67. The number of aliphatic hydroxyl groups is 1. The smallest absolute Gasteiger partial charge is 0.338 e. The lowest BCUT2D eigenvalue weighted by molar-refractivity contribution is 0.0535. The van der Waals surface area contributed by atoms with Crippen LogP contribution in [0.25, 0.3) is 11.0 Å². The van der Waals surface area contributed by atoms with Crippen LogP contribution < -0.4 is 0 Å². The Morgan fingerprint density at radius 2 is 1.64 bits per heavy atom. The number of β-amino-alcohol motifs (C(OH)–C–C–N with tert-alkyl or cyclic N) is 1. The molecule has 2 unspecified atom stereocenters. The number of furan rings is 1. The summed E-state index contributed by atoms with van der Waals surface area (Å²) in [6, 6.07) is 10.0. The van der Waals surface area contributed by atoms with Crippen LogP contribution in [-0.2, 0) is 11.3 Å². The number of piperazine rings is 1. The van der Waals surface area contributed by atoms with Crippen LogP contribution in [0.1, 0.15) is 57.1 Å². The second kappa shape index (κ2) is 8.93. The predicted molar refractivity (Wildman–Crippen MR) is 128 cm³/mol. The number of fused-ring (bicyclic) bond motifs is 2. The first kappa shape index (κ1) is 22.1. The zero-order valence-corrected chi connectivity index (χ0v) is 19.6. The fraction of sp³-hybridized carbons (Fsp3) is 0.444. The zero-order valence-electron chi connectivity index (χ0n) is 19.6. The highest BCUT2D eigenvalue weighted by molar-refractivity contribution is 5.94. The summed E-state index contributed by atoms with van der Waals surface area (Å²) in [6.45, 7) is 12.3. The topological polar surface area (TPSA) is 66.2 Å². The molecule has 2 aliphatic rings. The maximum absolute atomic E-state index is 11.8. The highest BCUT2D eigenvalue weighted by Gasteiger charge is 2.27. The van der Waals surface area contributed by atoms with Crippen molar-refractivity contribution in [1.82, 2.24) is 9.80 Å². The number of carbonyl (C=O) groups excluding carboxylic acids is 1. The van der Waals surface area contributed by atoms with Crippen LogP contribution in [0.4, 0.5) is 0 Å². The van der Waals surface area contributed by atoms with E-state index in [9.17, 15) is 9.90 Å². The average molecular weight is 449 g/mol. The van der Waals surface area contributed by atoms with E-state index >= 15 is 0 Å². The number of aryl methyl sites for hydroxylation is 1. The third-order valence-corrected chi connectivity index (χ3v) is 7.47. The molecule has 0 aliphatic carbocycles. The number of cyclic esters (lactones) is 1. The lowest BCUT2D eigenvalue weighted by Gasteiger charge is -2.37. The minimum Gasteiger partial charge on any atom is -0.464 e. The molecule has 2 aliphatic heterocycles. The Morgan fingerprint density at radius 1 is 0.939 bits per heavy atom. The van der Waals surface area contributed by atoms with E-state index in [1.54, 1.807) is 12.3 Å². The molecule has 33 heavy (non-hydrogen) atoms. The number of ether oxygens (including phenoxy) is 1. The van der Waals surface area contributed by atoms with Crippen LogP contribution in [0.15, 0.2) is 41.0 Å². The number of aliphatic hydroxyl groups excluding tert-OH is 1. The second-order valence-electron chi connectivity index (χ2n) is 9.51. The number of benzene rings is 2. The molecular weight excluding hydrogens is 416 g/mol. The standard InChI is InChI=1S/C27H32N2O4/c1-17(20-6-7-26-22(18(20)2)8-13-32-26)14-28-9-11-29(12-10-28)15-25(30)21-4-5-23-24(19(21)3)16-33-27(23)31/h4-8,13,17,25,30H,9-12,14-16H2,1-3H3. The normalized spacial score (nSPS) is 19.0. The number of rotatable bonds is 6. The molecule has 1 aromatic heterocycles. The fourth-order valence-electron chi connectivity index (χ4n) is 5.45. The summed E-state index contributed by atoms with van der Waals surface area (Å²) in [5, 5.41) is 12.1. The van der Waals surface area contributed by atoms with E-state index in [0.29, 0.717) is 24.6 Å². The summed E-state index contributed by atoms with van der Waals surface area (Å²) in [7, 11) is 0. The quantitative estimate of drug-likeness (QED) is 0.571. The molecule has 3 heterocycles. The molecule has 5 rings (SSSR count). The van der Waals surface area contributed by atoms with Gasteiger partial charge in [-0.05, 0) is 60.2 Å². The van der Waals surface area contributed by atoms with E-state index in [2.05, 4.69) is 41.8 Å². The molecule has 0 amide bonds. The number of hydrogen-bond donors (Lipinski definition) is 1. The van der Waals surface area contributed by atoms with E-state index in [4.69, 9.17) is 9.15 Å². The molecular formula is C27H32N2O4. The molecule has 0 radical (unpaired) electrons. The summed E-state index contributed by atoms with van der Waals surface area (Å²) in [4.78, 5) is 16.6. The fourth-order valence-corrected chi connectivity index (χ4v) is 5.45. The molecule has 0 spiro atoms. The van der Waals surface area contributed by atoms with E-state index < -0.39 is 6.10 Å². The third kappa shape index (κ3) is 4.19. The molecule has 6 heteroatoms. The van der Waals surface area contributed by atoms with Crippen LogP contribution >= 0.6 is 0 Å². The minimum absolute atomic E-state index is 0.264. The van der Waals surface area contributed by atoms with Gasteiger partial charge in [0.05, 0.1) is 17.9 Å². The van der Waals surface area contributed by atoms with Crippen molar-refractivity contribution in [2.24, 2.45) is 0 Å². The van der Waals surface area contributed by atoms with Gasteiger partial charge in [0, 0.05) is 50.2 Å². The van der Waals surface area contributed by atoms with Gasteiger partial charge in [0.1, 0.15) is 12.2 Å². The Morgan fingerprint density at radius 3 is 2.39 bits per heavy atom. The van der Waals surface area contributed by atoms with Gasteiger partial charge in [0.15, 0.2) is 0 Å². The highest BCUT2D eigenvalue weighted by Crippen LogP contribution is 2.30. The maximum Gasteiger partial charge on any atom is 0.338 e. The van der Waals surface area contributed by atoms with Crippen LogP contribution in [0.3, 0.4) is 0 Å². The van der Waals surface area contributed by atoms with Gasteiger partial charge >= 0.3 is 5.97 Å². The van der Waals surface area contributed by atoms with Gasteiger partial charge in [-0.1, -0.05) is 19.1 Å². The van der Waals surface area contributed by atoms with Crippen LogP contribution in [-0.4, -0.2) is 60.1 Å². The first-order valence-corrected chi connectivity index (χ1v) is 11.8. The summed E-state index contributed by atoms with van der Waals surface area (Å²) >= 11 is 0. The Balaban J connectivity index is 1.17.